The van der Waals surface area contributed by atoms with Gasteiger partial charge in [0.1, 0.15) is 6.07 Å². The summed E-state index contributed by atoms with van der Waals surface area (Å²) in [6.45, 7) is 5.07. The molecular formula is C15H17ClN2O3. The molecule has 112 valence electrons. The van der Waals surface area contributed by atoms with Crippen molar-refractivity contribution in [2.45, 2.75) is 27.2 Å². The standard InChI is InChI=1S/C15H17ClN2O3/c1-9(2)15(3,14(20)21)7-13(19)18-11-5-4-10(8-17)12(16)6-11/h4-6,9H,7H2,1-3H3,(H,18,19)(H,20,21). The molecule has 0 bridgehead atoms. The summed E-state index contributed by atoms with van der Waals surface area (Å²) < 4.78 is 0. The Morgan fingerprint density at radius 2 is 2.10 bits per heavy atom. The van der Waals surface area contributed by atoms with Gasteiger partial charge in [-0.15, -0.1) is 0 Å². The second-order valence-electron chi connectivity index (χ2n) is 5.41. The number of nitrogens with one attached hydrogen (secondary N) is 1. The summed E-state index contributed by atoms with van der Waals surface area (Å²) in [6, 6.07) is 6.43. The minimum Gasteiger partial charge on any atom is -0.481 e. The first-order valence-corrected chi connectivity index (χ1v) is 6.81. The van der Waals surface area contributed by atoms with Crippen molar-refractivity contribution in [1.29, 1.82) is 5.26 Å². The lowest BCUT2D eigenvalue weighted by molar-refractivity contribution is -0.153. The van der Waals surface area contributed by atoms with E-state index in [1.807, 2.05) is 6.07 Å². The van der Waals surface area contributed by atoms with Crippen LogP contribution >= 0.6 is 11.6 Å². The highest BCUT2D eigenvalue weighted by Gasteiger charge is 2.38. The third kappa shape index (κ3) is 3.96. The Bertz CT molecular complexity index is 607. The summed E-state index contributed by atoms with van der Waals surface area (Å²) in [4.78, 5) is 23.4. The van der Waals surface area contributed by atoms with Crippen molar-refractivity contribution in [2.75, 3.05) is 5.32 Å². The van der Waals surface area contributed by atoms with Gasteiger partial charge in [0.2, 0.25) is 5.91 Å². The molecule has 6 heteroatoms. The second-order valence-corrected chi connectivity index (χ2v) is 5.82. The van der Waals surface area contributed by atoms with Crippen LogP contribution in [0.25, 0.3) is 0 Å². The number of benzene rings is 1. The number of carbonyl (C=O) groups is 2. The fraction of sp³-hybridized carbons (Fsp3) is 0.400. The molecule has 0 spiro atoms. The van der Waals surface area contributed by atoms with Gasteiger partial charge in [0.15, 0.2) is 0 Å². The SMILES string of the molecule is CC(C)C(C)(CC(=O)Nc1ccc(C#N)c(Cl)c1)C(=O)O. The maximum absolute atomic E-state index is 12.0. The topological polar surface area (TPSA) is 90.2 Å². The van der Waals surface area contributed by atoms with Crippen LogP contribution in [0.15, 0.2) is 18.2 Å². The molecule has 0 heterocycles. The minimum absolute atomic E-state index is 0.141. The van der Waals surface area contributed by atoms with E-state index in [0.717, 1.165) is 0 Å². The first-order valence-electron chi connectivity index (χ1n) is 6.43. The van der Waals surface area contributed by atoms with E-state index in [2.05, 4.69) is 5.32 Å². The van der Waals surface area contributed by atoms with E-state index in [-0.39, 0.29) is 17.4 Å². The van der Waals surface area contributed by atoms with Gasteiger partial charge in [0.05, 0.1) is 16.0 Å². The monoisotopic (exact) mass is 308 g/mol. The normalized spacial score (nSPS) is 13.3. The number of anilines is 1. The lowest BCUT2D eigenvalue weighted by Gasteiger charge is -2.28. The van der Waals surface area contributed by atoms with Crippen LogP contribution in [0.2, 0.25) is 5.02 Å². The van der Waals surface area contributed by atoms with Crippen LogP contribution in [0.5, 0.6) is 0 Å². The molecule has 1 unspecified atom stereocenters. The molecule has 0 aliphatic rings. The van der Waals surface area contributed by atoms with Gasteiger partial charge in [-0.2, -0.15) is 5.26 Å². The van der Waals surface area contributed by atoms with Crippen molar-refractivity contribution in [2.24, 2.45) is 11.3 Å². The zero-order valence-corrected chi connectivity index (χ0v) is 12.9. The molecule has 1 aromatic carbocycles. The molecule has 21 heavy (non-hydrogen) atoms. The molecule has 1 rings (SSSR count). The quantitative estimate of drug-likeness (QED) is 0.873. The molecule has 0 radical (unpaired) electrons. The number of halogens is 1. The van der Waals surface area contributed by atoms with E-state index in [1.54, 1.807) is 26.8 Å². The molecule has 0 aromatic heterocycles. The maximum atomic E-state index is 12.0. The zero-order chi connectivity index (χ0) is 16.2. The van der Waals surface area contributed by atoms with Crippen LogP contribution in [-0.2, 0) is 9.59 Å². The van der Waals surface area contributed by atoms with Crippen LogP contribution in [0.3, 0.4) is 0 Å². The Morgan fingerprint density at radius 3 is 2.52 bits per heavy atom. The van der Waals surface area contributed by atoms with Gasteiger partial charge in [0, 0.05) is 12.1 Å². The Hall–Kier alpha value is -2.06. The summed E-state index contributed by atoms with van der Waals surface area (Å²) in [5.41, 5.74) is -0.395. The highest BCUT2D eigenvalue weighted by Crippen LogP contribution is 2.32. The van der Waals surface area contributed by atoms with E-state index < -0.39 is 17.3 Å². The predicted octanol–water partition coefficient (Wildman–Crippen LogP) is 3.29. The maximum Gasteiger partial charge on any atom is 0.310 e. The fourth-order valence-corrected chi connectivity index (χ4v) is 1.97. The molecule has 0 aliphatic carbocycles. The van der Waals surface area contributed by atoms with Crippen LogP contribution in [0.1, 0.15) is 32.8 Å². The summed E-state index contributed by atoms with van der Waals surface area (Å²) in [5, 5.41) is 20.9. The van der Waals surface area contributed by atoms with Gasteiger partial charge in [-0.05, 0) is 31.0 Å². The van der Waals surface area contributed by atoms with Gasteiger partial charge in [-0.1, -0.05) is 25.4 Å². The third-order valence-electron chi connectivity index (χ3n) is 3.66. The Balaban J connectivity index is 2.85. The molecule has 5 nitrogen and oxygen atoms in total. The molecule has 0 saturated heterocycles. The van der Waals surface area contributed by atoms with Crippen LogP contribution in [-0.4, -0.2) is 17.0 Å². The summed E-state index contributed by atoms with van der Waals surface area (Å²) >= 11 is 5.88. The summed E-state index contributed by atoms with van der Waals surface area (Å²) in [7, 11) is 0. The van der Waals surface area contributed by atoms with E-state index in [9.17, 15) is 14.7 Å². The third-order valence-corrected chi connectivity index (χ3v) is 3.98. The highest BCUT2D eigenvalue weighted by molar-refractivity contribution is 6.32. The zero-order valence-electron chi connectivity index (χ0n) is 12.1. The molecule has 1 amide bonds. The molecular weight excluding hydrogens is 292 g/mol. The molecule has 2 N–H and O–H groups in total. The van der Waals surface area contributed by atoms with Crippen molar-refractivity contribution >= 4 is 29.2 Å². The Morgan fingerprint density at radius 1 is 1.48 bits per heavy atom. The van der Waals surface area contributed by atoms with Crippen LogP contribution in [0.4, 0.5) is 5.69 Å². The number of aliphatic carboxylic acids is 1. The number of nitriles is 1. The number of rotatable bonds is 5. The van der Waals surface area contributed by atoms with E-state index in [1.165, 1.54) is 12.1 Å². The van der Waals surface area contributed by atoms with Crippen molar-refractivity contribution in [3.63, 3.8) is 0 Å². The summed E-state index contributed by atoms with van der Waals surface area (Å²) in [5.74, 6) is -1.61. The van der Waals surface area contributed by atoms with E-state index in [4.69, 9.17) is 16.9 Å². The molecule has 0 fully saturated rings. The fourth-order valence-electron chi connectivity index (χ4n) is 1.75. The number of carbonyl (C=O) groups excluding carboxylic acids is 1. The van der Waals surface area contributed by atoms with Crippen molar-refractivity contribution < 1.29 is 14.7 Å². The molecule has 0 saturated carbocycles. The number of amides is 1. The lowest BCUT2D eigenvalue weighted by Crippen LogP contribution is -2.37. The molecule has 1 atom stereocenters. The van der Waals surface area contributed by atoms with Crippen LogP contribution < -0.4 is 5.32 Å². The highest BCUT2D eigenvalue weighted by atomic mass is 35.5. The van der Waals surface area contributed by atoms with E-state index >= 15 is 0 Å². The van der Waals surface area contributed by atoms with Gasteiger partial charge in [-0.25, -0.2) is 0 Å². The van der Waals surface area contributed by atoms with Crippen molar-refractivity contribution in [3.8, 4) is 6.07 Å². The number of carboxylic acid groups (broad SMARTS) is 1. The average Bonchev–Trinajstić information content (AvgIpc) is 2.38. The lowest BCUT2D eigenvalue weighted by atomic mass is 9.76. The first kappa shape index (κ1) is 17.0. The first-order chi connectivity index (χ1) is 9.70. The van der Waals surface area contributed by atoms with E-state index in [0.29, 0.717) is 11.3 Å². The van der Waals surface area contributed by atoms with Crippen molar-refractivity contribution in [3.05, 3.63) is 28.8 Å². The Kier molecular flexibility index (Phi) is 5.34. The smallest absolute Gasteiger partial charge is 0.310 e. The number of hydrogen-bond donors (Lipinski definition) is 2. The number of nitrogens with zero attached hydrogens (tertiary/aromatic N) is 1. The van der Waals surface area contributed by atoms with Crippen molar-refractivity contribution in [1.82, 2.24) is 0 Å². The van der Waals surface area contributed by atoms with Gasteiger partial charge in [0.25, 0.3) is 0 Å². The van der Waals surface area contributed by atoms with Crippen LogP contribution in [0, 0.1) is 22.7 Å². The Labute approximate surface area is 128 Å². The number of hydrogen-bond acceptors (Lipinski definition) is 3. The molecule has 1 aromatic rings. The average molecular weight is 309 g/mol. The molecule has 0 aliphatic heterocycles. The predicted molar refractivity (Wildman–Crippen MR) is 80.0 cm³/mol. The number of carboxylic acids is 1. The van der Waals surface area contributed by atoms with Gasteiger partial charge < -0.3 is 10.4 Å². The summed E-state index contributed by atoms with van der Waals surface area (Å²) in [6.07, 6.45) is -0.141. The van der Waals surface area contributed by atoms with Gasteiger partial charge >= 0.3 is 5.97 Å². The second kappa shape index (κ2) is 6.59. The largest absolute Gasteiger partial charge is 0.481 e. The minimum atomic E-state index is -1.14. The van der Waals surface area contributed by atoms with Gasteiger partial charge in [-0.3, -0.25) is 9.59 Å².